The van der Waals surface area contributed by atoms with E-state index in [0.29, 0.717) is 28.2 Å². The molecule has 1 aromatic heterocycles. The number of amides is 1. The number of imidazole rings is 1. The van der Waals surface area contributed by atoms with Gasteiger partial charge in [0.25, 0.3) is 0 Å². The number of alkyl halides is 3. The fourth-order valence-electron chi connectivity index (χ4n) is 2.52. The molecule has 1 aromatic carbocycles. The zero-order valence-corrected chi connectivity index (χ0v) is 13.6. The molecule has 9 heteroatoms. The van der Waals surface area contributed by atoms with Crippen molar-refractivity contribution in [3.63, 3.8) is 0 Å². The molecule has 0 fully saturated rings. The Kier molecular flexibility index (Phi) is 5.66. The Labute approximate surface area is 141 Å². The van der Waals surface area contributed by atoms with Crippen LogP contribution in [0.4, 0.5) is 13.2 Å². The standard InChI is InChI=1S/C16H18F3N3O3/c1-2-13-20-11-5-3-4-6-12(11)22(13)9-14(23)21(10-15(24)25)8-7-16(17,18)19/h3-6H,2,7-10H2,1H3,(H,24,25). The molecule has 0 unspecified atom stereocenters. The van der Waals surface area contributed by atoms with Gasteiger partial charge in [0.2, 0.25) is 5.91 Å². The van der Waals surface area contributed by atoms with Gasteiger partial charge in [-0.2, -0.15) is 13.2 Å². The van der Waals surface area contributed by atoms with E-state index in [-0.39, 0.29) is 6.54 Å². The van der Waals surface area contributed by atoms with Crippen LogP contribution in [-0.2, 0) is 22.6 Å². The Morgan fingerprint density at radius 3 is 2.56 bits per heavy atom. The molecule has 0 radical (unpaired) electrons. The quantitative estimate of drug-likeness (QED) is 0.826. The first-order valence-corrected chi connectivity index (χ1v) is 7.71. The number of halogens is 3. The second kappa shape index (κ2) is 7.54. The number of carboxylic acids is 1. The van der Waals surface area contributed by atoms with Crippen molar-refractivity contribution < 1.29 is 27.9 Å². The molecule has 0 bridgehead atoms. The highest BCUT2D eigenvalue weighted by molar-refractivity contribution is 5.83. The van der Waals surface area contributed by atoms with Crippen molar-refractivity contribution in [2.24, 2.45) is 0 Å². The van der Waals surface area contributed by atoms with Crippen LogP contribution in [0.5, 0.6) is 0 Å². The fraction of sp³-hybridized carbons (Fsp3) is 0.438. The average Bonchev–Trinajstić information content (AvgIpc) is 2.88. The van der Waals surface area contributed by atoms with Crippen LogP contribution in [0, 0.1) is 0 Å². The first kappa shape index (κ1) is 18.8. The molecule has 25 heavy (non-hydrogen) atoms. The van der Waals surface area contributed by atoms with E-state index >= 15 is 0 Å². The summed E-state index contributed by atoms with van der Waals surface area (Å²) in [4.78, 5) is 28.4. The fourth-order valence-corrected chi connectivity index (χ4v) is 2.52. The van der Waals surface area contributed by atoms with E-state index in [1.165, 1.54) is 0 Å². The van der Waals surface area contributed by atoms with Gasteiger partial charge in [0.1, 0.15) is 18.9 Å². The van der Waals surface area contributed by atoms with E-state index in [4.69, 9.17) is 5.11 Å². The first-order chi connectivity index (χ1) is 11.7. The predicted octanol–water partition coefficient (Wildman–Crippen LogP) is 2.46. The number of carbonyl (C=O) groups excluding carboxylic acids is 1. The van der Waals surface area contributed by atoms with Crippen molar-refractivity contribution in [1.82, 2.24) is 14.5 Å². The molecule has 6 nitrogen and oxygen atoms in total. The summed E-state index contributed by atoms with van der Waals surface area (Å²) in [6, 6.07) is 7.09. The van der Waals surface area contributed by atoms with Crippen molar-refractivity contribution in [2.45, 2.75) is 32.5 Å². The molecule has 1 N–H and O–H groups in total. The van der Waals surface area contributed by atoms with Gasteiger partial charge in [0.05, 0.1) is 17.5 Å². The van der Waals surface area contributed by atoms with Crippen molar-refractivity contribution in [3.8, 4) is 0 Å². The zero-order valence-electron chi connectivity index (χ0n) is 13.6. The van der Waals surface area contributed by atoms with E-state index in [0.717, 1.165) is 0 Å². The lowest BCUT2D eigenvalue weighted by atomic mass is 10.3. The van der Waals surface area contributed by atoms with Gasteiger partial charge in [-0.1, -0.05) is 19.1 Å². The SMILES string of the molecule is CCc1nc2ccccc2n1CC(=O)N(CCC(F)(F)F)CC(=O)O. The summed E-state index contributed by atoms with van der Waals surface area (Å²) < 4.78 is 38.9. The number of benzene rings is 1. The van der Waals surface area contributed by atoms with E-state index < -0.39 is 37.6 Å². The number of nitrogens with zero attached hydrogens (tertiary/aromatic N) is 3. The molecule has 0 spiro atoms. The summed E-state index contributed by atoms with van der Waals surface area (Å²) in [6.45, 7) is 0.126. The summed E-state index contributed by atoms with van der Waals surface area (Å²) in [5.41, 5.74) is 1.35. The third-order valence-corrected chi connectivity index (χ3v) is 3.69. The van der Waals surface area contributed by atoms with E-state index in [9.17, 15) is 22.8 Å². The molecule has 0 saturated carbocycles. The Morgan fingerprint density at radius 2 is 1.96 bits per heavy atom. The number of aryl methyl sites for hydroxylation is 1. The summed E-state index contributed by atoms with van der Waals surface area (Å²) in [5, 5.41) is 8.87. The molecule has 1 heterocycles. The molecule has 0 saturated heterocycles. The van der Waals surface area contributed by atoms with Crippen LogP contribution in [0.3, 0.4) is 0 Å². The van der Waals surface area contributed by atoms with E-state index in [2.05, 4.69) is 4.98 Å². The van der Waals surface area contributed by atoms with Crippen LogP contribution in [0.1, 0.15) is 19.2 Å². The van der Waals surface area contributed by atoms with Gasteiger partial charge < -0.3 is 14.6 Å². The van der Waals surface area contributed by atoms with Gasteiger partial charge in [-0.25, -0.2) is 4.98 Å². The number of aliphatic carboxylic acids is 1. The van der Waals surface area contributed by atoms with E-state index in [1.807, 2.05) is 6.92 Å². The summed E-state index contributed by atoms with van der Waals surface area (Å²) >= 11 is 0. The second-order valence-corrected chi connectivity index (χ2v) is 5.53. The van der Waals surface area contributed by atoms with Crippen LogP contribution in [0.25, 0.3) is 11.0 Å². The number of hydrogen-bond acceptors (Lipinski definition) is 3. The molecule has 1 amide bonds. The highest BCUT2D eigenvalue weighted by Gasteiger charge is 2.30. The molecule has 0 aliphatic carbocycles. The van der Waals surface area contributed by atoms with Crippen LogP contribution < -0.4 is 0 Å². The number of fused-ring (bicyclic) bond motifs is 1. The number of rotatable bonds is 7. The van der Waals surface area contributed by atoms with Gasteiger partial charge in [-0.3, -0.25) is 9.59 Å². The molecular weight excluding hydrogens is 339 g/mol. The van der Waals surface area contributed by atoms with Crippen LogP contribution in [0.15, 0.2) is 24.3 Å². The normalized spacial score (nSPS) is 11.7. The number of para-hydroxylation sites is 2. The maximum Gasteiger partial charge on any atom is 0.390 e. The monoisotopic (exact) mass is 357 g/mol. The van der Waals surface area contributed by atoms with Crippen LogP contribution >= 0.6 is 0 Å². The Balaban J connectivity index is 2.23. The van der Waals surface area contributed by atoms with Gasteiger partial charge >= 0.3 is 12.1 Å². The minimum absolute atomic E-state index is 0.255. The van der Waals surface area contributed by atoms with Crippen molar-refractivity contribution in [2.75, 3.05) is 13.1 Å². The number of aromatic nitrogens is 2. The number of carboxylic acid groups (broad SMARTS) is 1. The molecule has 136 valence electrons. The van der Waals surface area contributed by atoms with Crippen molar-refractivity contribution >= 4 is 22.9 Å². The maximum atomic E-state index is 12.4. The van der Waals surface area contributed by atoms with Gasteiger partial charge in [0, 0.05) is 13.0 Å². The van der Waals surface area contributed by atoms with Gasteiger partial charge in [0.15, 0.2) is 0 Å². The lowest BCUT2D eigenvalue weighted by Gasteiger charge is -2.22. The second-order valence-electron chi connectivity index (χ2n) is 5.53. The summed E-state index contributed by atoms with van der Waals surface area (Å²) in [6.07, 6.45) is -5.19. The smallest absolute Gasteiger partial charge is 0.390 e. The molecule has 0 aliphatic rings. The Morgan fingerprint density at radius 1 is 1.28 bits per heavy atom. The first-order valence-electron chi connectivity index (χ1n) is 7.71. The minimum Gasteiger partial charge on any atom is -0.480 e. The average molecular weight is 357 g/mol. The minimum atomic E-state index is -4.46. The molecule has 2 rings (SSSR count). The number of carbonyl (C=O) groups is 2. The Hall–Kier alpha value is -2.58. The lowest BCUT2D eigenvalue weighted by Crippen LogP contribution is -2.40. The largest absolute Gasteiger partial charge is 0.480 e. The van der Waals surface area contributed by atoms with Gasteiger partial charge in [-0.05, 0) is 12.1 Å². The van der Waals surface area contributed by atoms with Crippen molar-refractivity contribution in [1.29, 1.82) is 0 Å². The highest BCUT2D eigenvalue weighted by atomic mass is 19.4. The molecule has 0 aliphatic heterocycles. The van der Waals surface area contributed by atoms with Crippen LogP contribution in [-0.4, -0.2) is 50.7 Å². The molecule has 2 aromatic rings. The lowest BCUT2D eigenvalue weighted by molar-refractivity contribution is -0.152. The summed E-state index contributed by atoms with van der Waals surface area (Å²) in [7, 11) is 0. The maximum absolute atomic E-state index is 12.4. The Bertz CT molecular complexity index is 771. The molecular formula is C16H18F3N3O3. The topological polar surface area (TPSA) is 75.4 Å². The molecule has 0 atom stereocenters. The predicted molar refractivity (Wildman–Crippen MR) is 84.0 cm³/mol. The third-order valence-electron chi connectivity index (χ3n) is 3.69. The number of hydrogen-bond donors (Lipinski definition) is 1. The van der Waals surface area contributed by atoms with Crippen LogP contribution in [0.2, 0.25) is 0 Å². The van der Waals surface area contributed by atoms with E-state index in [1.54, 1.807) is 28.8 Å². The van der Waals surface area contributed by atoms with Crippen molar-refractivity contribution in [3.05, 3.63) is 30.1 Å². The zero-order chi connectivity index (χ0) is 18.6. The van der Waals surface area contributed by atoms with Gasteiger partial charge in [-0.15, -0.1) is 0 Å². The summed E-state index contributed by atoms with van der Waals surface area (Å²) in [5.74, 6) is -1.44. The third kappa shape index (κ3) is 4.94. The highest BCUT2D eigenvalue weighted by Crippen LogP contribution is 2.20.